The standard InChI is InChI=1S/C14H20N2O4S/c1-3-4-5-6-12(17)16-9-7-14(8-10-16)15(2)13(18)11-21(14,19)20/h1H,4-11H2,2H3. The van der Waals surface area contributed by atoms with E-state index in [9.17, 15) is 18.0 Å². The van der Waals surface area contributed by atoms with Gasteiger partial charge in [0.2, 0.25) is 11.8 Å². The van der Waals surface area contributed by atoms with Crippen molar-refractivity contribution in [2.75, 3.05) is 25.9 Å². The van der Waals surface area contributed by atoms with Crippen LogP contribution >= 0.6 is 0 Å². The molecule has 21 heavy (non-hydrogen) atoms. The van der Waals surface area contributed by atoms with Crippen molar-refractivity contribution in [2.45, 2.75) is 37.0 Å². The van der Waals surface area contributed by atoms with Gasteiger partial charge < -0.3 is 9.80 Å². The fourth-order valence-electron chi connectivity index (χ4n) is 3.08. The van der Waals surface area contributed by atoms with Gasteiger partial charge in [-0.3, -0.25) is 9.59 Å². The molecule has 116 valence electrons. The Morgan fingerprint density at radius 1 is 1.38 bits per heavy atom. The van der Waals surface area contributed by atoms with Crippen LogP contribution in [0.3, 0.4) is 0 Å². The Morgan fingerprint density at radius 2 is 2.00 bits per heavy atom. The van der Waals surface area contributed by atoms with Gasteiger partial charge in [-0.2, -0.15) is 0 Å². The molecule has 2 saturated heterocycles. The van der Waals surface area contributed by atoms with Crippen LogP contribution < -0.4 is 0 Å². The molecule has 1 spiro atoms. The van der Waals surface area contributed by atoms with Gasteiger partial charge in [-0.05, 0) is 6.42 Å². The molecule has 0 aromatic rings. The maximum atomic E-state index is 12.3. The first-order chi connectivity index (χ1) is 9.84. The lowest BCUT2D eigenvalue weighted by Gasteiger charge is -2.41. The van der Waals surface area contributed by atoms with Gasteiger partial charge in [0.15, 0.2) is 9.84 Å². The molecule has 0 bridgehead atoms. The van der Waals surface area contributed by atoms with Gasteiger partial charge in [-0.1, -0.05) is 0 Å². The molecule has 7 heteroatoms. The summed E-state index contributed by atoms with van der Waals surface area (Å²) in [6.45, 7) is 0.734. The molecule has 2 fully saturated rings. The van der Waals surface area contributed by atoms with Crippen molar-refractivity contribution in [3.8, 4) is 12.3 Å². The molecule has 2 aliphatic heterocycles. The van der Waals surface area contributed by atoms with E-state index in [-0.39, 0.29) is 11.8 Å². The van der Waals surface area contributed by atoms with Gasteiger partial charge >= 0.3 is 0 Å². The lowest BCUT2D eigenvalue weighted by atomic mass is 10.0. The van der Waals surface area contributed by atoms with Crippen molar-refractivity contribution in [1.29, 1.82) is 0 Å². The highest BCUT2D eigenvalue weighted by Gasteiger charge is 2.56. The normalized spacial score (nSPS) is 23.3. The van der Waals surface area contributed by atoms with Crippen molar-refractivity contribution in [2.24, 2.45) is 0 Å². The molecular weight excluding hydrogens is 292 g/mol. The van der Waals surface area contributed by atoms with Crippen molar-refractivity contribution in [1.82, 2.24) is 9.80 Å². The Labute approximate surface area is 125 Å². The maximum absolute atomic E-state index is 12.3. The van der Waals surface area contributed by atoms with Gasteiger partial charge in [-0.25, -0.2) is 8.42 Å². The number of terminal acetylenes is 1. The van der Waals surface area contributed by atoms with Crippen LogP contribution in [0.25, 0.3) is 0 Å². The van der Waals surface area contributed by atoms with Crippen molar-refractivity contribution < 1.29 is 18.0 Å². The molecule has 0 aliphatic carbocycles. The largest absolute Gasteiger partial charge is 0.342 e. The Bertz CT molecular complexity index is 583. The van der Waals surface area contributed by atoms with Crippen LogP contribution in [0.15, 0.2) is 0 Å². The van der Waals surface area contributed by atoms with Crippen LogP contribution in [-0.4, -0.2) is 60.8 Å². The van der Waals surface area contributed by atoms with Gasteiger partial charge in [0.05, 0.1) is 0 Å². The van der Waals surface area contributed by atoms with E-state index in [1.165, 1.54) is 11.9 Å². The monoisotopic (exact) mass is 312 g/mol. The first-order valence-electron chi connectivity index (χ1n) is 7.04. The molecule has 0 aromatic carbocycles. The van der Waals surface area contributed by atoms with Crippen LogP contribution in [0.5, 0.6) is 0 Å². The highest BCUT2D eigenvalue weighted by molar-refractivity contribution is 7.93. The number of hydrogen-bond donors (Lipinski definition) is 0. The first-order valence-corrected chi connectivity index (χ1v) is 8.69. The Kier molecular flexibility index (Phi) is 4.28. The molecule has 0 radical (unpaired) electrons. The molecule has 0 atom stereocenters. The molecule has 0 unspecified atom stereocenters. The van der Waals surface area contributed by atoms with Gasteiger partial charge in [0.25, 0.3) is 0 Å². The minimum Gasteiger partial charge on any atom is -0.342 e. The molecule has 0 saturated carbocycles. The third-order valence-corrected chi connectivity index (χ3v) is 6.95. The maximum Gasteiger partial charge on any atom is 0.238 e. The first kappa shape index (κ1) is 15.8. The second-order valence-corrected chi connectivity index (χ2v) is 7.87. The lowest BCUT2D eigenvalue weighted by Crippen LogP contribution is -2.55. The van der Waals surface area contributed by atoms with Crippen molar-refractivity contribution in [3.05, 3.63) is 0 Å². The zero-order valence-corrected chi connectivity index (χ0v) is 13.0. The van der Waals surface area contributed by atoms with E-state index in [2.05, 4.69) is 5.92 Å². The predicted octanol–water partition coefficient (Wildman–Crippen LogP) is -0.00460. The highest BCUT2D eigenvalue weighted by atomic mass is 32.2. The summed E-state index contributed by atoms with van der Waals surface area (Å²) in [7, 11) is -1.93. The highest BCUT2D eigenvalue weighted by Crippen LogP contribution is 2.38. The fourth-order valence-corrected chi connectivity index (χ4v) is 5.19. The van der Waals surface area contributed by atoms with Crippen LogP contribution in [-0.2, 0) is 19.4 Å². The number of rotatable bonds is 3. The van der Waals surface area contributed by atoms with Crippen LogP contribution in [0, 0.1) is 12.3 Å². The van der Waals surface area contributed by atoms with E-state index in [1.54, 1.807) is 4.90 Å². The van der Waals surface area contributed by atoms with Crippen LogP contribution in [0.4, 0.5) is 0 Å². The molecule has 2 rings (SSSR count). The topological polar surface area (TPSA) is 74.8 Å². The van der Waals surface area contributed by atoms with Crippen LogP contribution in [0.1, 0.15) is 32.1 Å². The second-order valence-electron chi connectivity index (χ2n) is 5.60. The molecule has 2 amide bonds. The lowest BCUT2D eigenvalue weighted by molar-refractivity contribution is -0.134. The third-order valence-electron chi connectivity index (χ3n) is 4.49. The summed E-state index contributed by atoms with van der Waals surface area (Å²) in [6.07, 6.45) is 7.33. The Hall–Kier alpha value is -1.55. The number of hydrogen-bond acceptors (Lipinski definition) is 4. The summed E-state index contributed by atoms with van der Waals surface area (Å²) < 4.78 is 24.5. The minimum atomic E-state index is -3.47. The number of sulfone groups is 1. The van der Waals surface area contributed by atoms with Crippen LogP contribution in [0.2, 0.25) is 0 Å². The van der Waals surface area contributed by atoms with E-state index >= 15 is 0 Å². The zero-order valence-electron chi connectivity index (χ0n) is 12.2. The number of nitrogens with zero attached hydrogens (tertiary/aromatic N) is 2. The van der Waals surface area contributed by atoms with Crippen molar-refractivity contribution in [3.63, 3.8) is 0 Å². The summed E-state index contributed by atoms with van der Waals surface area (Å²) in [5.74, 6) is 1.72. The van der Waals surface area contributed by atoms with E-state index in [0.717, 1.165) is 0 Å². The molecule has 6 nitrogen and oxygen atoms in total. The smallest absolute Gasteiger partial charge is 0.238 e. The zero-order chi connectivity index (χ0) is 15.7. The summed E-state index contributed by atoms with van der Waals surface area (Å²) in [4.78, 5) is 25.6. The second kappa shape index (κ2) is 5.68. The minimum absolute atomic E-state index is 0.00414. The number of unbranched alkanes of at least 4 members (excludes halogenated alkanes) is 1. The number of amides is 2. The third kappa shape index (κ3) is 2.64. The van der Waals surface area contributed by atoms with Gasteiger partial charge in [0, 0.05) is 45.8 Å². The van der Waals surface area contributed by atoms with E-state index < -0.39 is 20.5 Å². The van der Waals surface area contributed by atoms with Gasteiger partial charge in [-0.15, -0.1) is 12.3 Å². The predicted molar refractivity (Wildman–Crippen MR) is 77.8 cm³/mol. The quantitative estimate of drug-likeness (QED) is 0.543. The molecule has 2 aliphatic rings. The summed E-state index contributed by atoms with van der Waals surface area (Å²) in [6, 6.07) is 0. The molecule has 2 heterocycles. The van der Waals surface area contributed by atoms with E-state index in [4.69, 9.17) is 6.42 Å². The Balaban J connectivity index is 2.02. The summed E-state index contributed by atoms with van der Waals surface area (Å²) in [5.41, 5.74) is 0. The molecular formula is C14H20N2O4S. The molecule has 0 N–H and O–H groups in total. The van der Waals surface area contributed by atoms with E-state index in [1.807, 2.05) is 0 Å². The summed E-state index contributed by atoms with van der Waals surface area (Å²) >= 11 is 0. The fraction of sp³-hybridized carbons (Fsp3) is 0.714. The van der Waals surface area contributed by atoms with Crippen molar-refractivity contribution >= 4 is 21.7 Å². The van der Waals surface area contributed by atoms with E-state index in [0.29, 0.717) is 45.2 Å². The number of carbonyl (C=O) groups is 2. The number of likely N-dealkylation sites (tertiary alicyclic amines) is 1. The SMILES string of the molecule is C#CCCCC(=O)N1CCC2(CC1)N(C)C(=O)CS2(=O)=O. The number of carbonyl (C=O) groups excluding carboxylic acids is 2. The number of piperidine rings is 1. The average molecular weight is 312 g/mol. The summed E-state index contributed by atoms with van der Waals surface area (Å²) in [5, 5.41) is 0. The molecule has 0 aromatic heterocycles. The Morgan fingerprint density at radius 3 is 2.48 bits per heavy atom. The average Bonchev–Trinajstić information content (AvgIpc) is 2.60. The van der Waals surface area contributed by atoms with Gasteiger partial charge in [0.1, 0.15) is 10.6 Å².